The highest BCUT2D eigenvalue weighted by Crippen LogP contribution is 2.62. The SMILES string of the molecule is C=CCO[C@@]12Oc3ccc(OCCSc4ccccc4)cc3[C@H]3[C@H](CCCCO)[C@@H](CCCCO)C=C(C(=NOCc4ccc([N+](=O)[O-])cc4)C[C@@H]1N(Cc1cccc4ccccc14)C(=O)OCC)[C@H]32. The van der Waals surface area contributed by atoms with Crippen molar-refractivity contribution in [2.45, 2.75) is 87.7 Å². The standard InChI is InChI=1S/C56H63N3O10S/c1-3-31-67-56-52(58(55(62)65-4-2)37-42-18-14-17-40-15-8-9-21-46(40)42)36-50(57-68-38-39-23-25-43(26-24-39)59(63)64)48-34-41(16-10-12-29-60)47(22-11-13-30-61)53(54(48)56)49-35-44(27-28-51(49)69-56)66-32-33-70-45-19-6-5-7-20-45/h3,5-9,14-15,17-21,23-28,34-35,41,47,52-54,60-61H,1,4,10-13,16,22,29-33,36-38H2,2H3/t41-,47+,52-,53+,54+,56+/m0/s1. The number of oxime groups is 1. The van der Waals surface area contributed by atoms with Gasteiger partial charge in [-0.15, -0.1) is 18.3 Å². The number of thioether (sulfide) groups is 1. The number of benzene rings is 5. The van der Waals surface area contributed by atoms with Crippen LogP contribution < -0.4 is 9.47 Å². The number of carbonyl (C=O) groups excluding carboxylic acids is 1. The van der Waals surface area contributed by atoms with Crippen molar-refractivity contribution < 1.29 is 43.7 Å². The van der Waals surface area contributed by atoms with Gasteiger partial charge in [0.25, 0.3) is 5.69 Å². The van der Waals surface area contributed by atoms with E-state index in [2.05, 4.69) is 49.1 Å². The van der Waals surface area contributed by atoms with Crippen LogP contribution >= 0.6 is 11.8 Å². The number of nitro groups is 1. The van der Waals surface area contributed by atoms with Gasteiger partial charge in [0.2, 0.25) is 5.79 Å². The van der Waals surface area contributed by atoms with E-state index in [1.54, 1.807) is 41.8 Å². The van der Waals surface area contributed by atoms with Gasteiger partial charge < -0.3 is 34.0 Å². The van der Waals surface area contributed by atoms with E-state index in [9.17, 15) is 25.1 Å². The molecule has 13 nitrogen and oxygen atoms in total. The Bertz CT molecular complexity index is 2620. The molecule has 368 valence electrons. The monoisotopic (exact) mass is 969 g/mol. The van der Waals surface area contributed by atoms with Crippen molar-refractivity contribution in [1.82, 2.24) is 4.90 Å². The molecule has 3 aliphatic rings. The number of aliphatic hydroxyl groups excluding tert-OH is 2. The van der Waals surface area contributed by atoms with E-state index in [1.807, 2.05) is 54.6 Å². The lowest BCUT2D eigenvalue weighted by molar-refractivity contribution is -0.384. The fourth-order valence-corrected chi connectivity index (χ4v) is 11.3. The molecule has 2 aliphatic carbocycles. The van der Waals surface area contributed by atoms with Gasteiger partial charge in [-0.25, -0.2) is 4.79 Å². The molecule has 70 heavy (non-hydrogen) atoms. The molecule has 1 saturated carbocycles. The van der Waals surface area contributed by atoms with Crippen molar-refractivity contribution in [2.24, 2.45) is 22.9 Å². The van der Waals surface area contributed by atoms with Crippen LogP contribution in [0.2, 0.25) is 0 Å². The number of fused-ring (bicyclic) bond motifs is 3. The van der Waals surface area contributed by atoms with Crippen LogP contribution in [-0.4, -0.2) is 82.5 Å². The largest absolute Gasteiger partial charge is 0.493 e. The minimum atomic E-state index is -1.51. The van der Waals surface area contributed by atoms with E-state index in [4.69, 9.17) is 28.9 Å². The maximum atomic E-state index is 14.8. The summed E-state index contributed by atoms with van der Waals surface area (Å²) in [4.78, 5) is 35.0. The Kier molecular flexibility index (Phi) is 17.3. The van der Waals surface area contributed by atoms with Crippen LogP contribution in [0.15, 0.2) is 150 Å². The third kappa shape index (κ3) is 11.4. The summed E-state index contributed by atoms with van der Waals surface area (Å²) in [6.07, 6.45) is 8.01. The van der Waals surface area contributed by atoms with Crippen LogP contribution in [0, 0.1) is 27.9 Å². The van der Waals surface area contributed by atoms with Crippen LogP contribution in [0.3, 0.4) is 0 Å². The molecule has 5 aromatic carbocycles. The van der Waals surface area contributed by atoms with E-state index in [-0.39, 0.29) is 69.4 Å². The fraction of sp³-hybridized carbons (Fsp3) is 0.393. The Morgan fingerprint density at radius 2 is 1.71 bits per heavy atom. The number of carbonyl (C=O) groups is 1. The normalized spacial score (nSPS) is 21.7. The van der Waals surface area contributed by atoms with Crippen LogP contribution in [0.1, 0.15) is 74.5 Å². The van der Waals surface area contributed by atoms with Gasteiger partial charge in [-0.2, -0.15) is 0 Å². The highest BCUT2D eigenvalue weighted by atomic mass is 32.2. The molecule has 8 rings (SSSR count). The summed E-state index contributed by atoms with van der Waals surface area (Å²) < 4.78 is 27.1. The van der Waals surface area contributed by atoms with Gasteiger partial charge in [0, 0.05) is 53.9 Å². The van der Waals surface area contributed by atoms with Gasteiger partial charge in [0.15, 0.2) is 0 Å². The van der Waals surface area contributed by atoms with E-state index in [0.717, 1.165) is 58.9 Å². The predicted octanol–water partition coefficient (Wildman–Crippen LogP) is 11.4. The van der Waals surface area contributed by atoms with E-state index in [1.165, 1.54) is 17.0 Å². The second-order valence-corrected chi connectivity index (χ2v) is 19.1. The van der Waals surface area contributed by atoms with Crippen molar-refractivity contribution >= 4 is 40.0 Å². The minimum absolute atomic E-state index is 0.00683. The van der Waals surface area contributed by atoms with E-state index >= 15 is 0 Å². The second kappa shape index (κ2) is 24.1. The van der Waals surface area contributed by atoms with Gasteiger partial charge in [0.1, 0.15) is 24.1 Å². The Balaban J connectivity index is 1.29. The molecule has 0 radical (unpaired) electrons. The summed E-state index contributed by atoms with van der Waals surface area (Å²) in [6.45, 7) is 6.91. The molecule has 0 saturated heterocycles. The summed E-state index contributed by atoms with van der Waals surface area (Å²) in [7, 11) is 0. The molecule has 5 aromatic rings. The highest BCUT2D eigenvalue weighted by molar-refractivity contribution is 7.99. The maximum absolute atomic E-state index is 14.8. The molecule has 0 unspecified atom stereocenters. The number of amides is 1. The van der Waals surface area contributed by atoms with Gasteiger partial charge in [-0.3, -0.25) is 15.0 Å². The number of non-ortho nitro benzene ring substituents is 1. The zero-order valence-corrected chi connectivity index (χ0v) is 40.6. The first-order valence-electron chi connectivity index (χ1n) is 24.4. The van der Waals surface area contributed by atoms with Crippen LogP contribution in [0.5, 0.6) is 11.5 Å². The number of nitro benzene ring substituents is 1. The molecule has 1 aliphatic heterocycles. The van der Waals surface area contributed by atoms with Crippen molar-refractivity contribution in [2.75, 3.05) is 38.8 Å². The first kappa shape index (κ1) is 50.2. The fourth-order valence-electron chi connectivity index (χ4n) is 10.6. The van der Waals surface area contributed by atoms with E-state index in [0.29, 0.717) is 42.2 Å². The van der Waals surface area contributed by atoms with Crippen LogP contribution in [-0.2, 0) is 27.5 Å². The molecule has 6 atom stereocenters. The molecule has 1 amide bonds. The molecular weight excluding hydrogens is 907 g/mol. The summed E-state index contributed by atoms with van der Waals surface area (Å²) in [5.41, 5.74) is 4.03. The second-order valence-electron chi connectivity index (χ2n) is 17.9. The zero-order chi connectivity index (χ0) is 48.9. The Morgan fingerprint density at radius 1 is 0.957 bits per heavy atom. The average molecular weight is 970 g/mol. The minimum Gasteiger partial charge on any atom is -0.493 e. The molecule has 0 aromatic heterocycles. The lowest BCUT2D eigenvalue weighted by Crippen LogP contribution is -2.70. The average Bonchev–Trinajstić information content (AvgIpc) is 3.38. The van der Waals surface area contributed by atoms with Crippen molar-refractivity contribution in [3.63, 3.8) is 0 Å². The molecular formula is C56H63N3O10S. The maximum Gasteiger partial charge on any atom is 0.410 e. The van der Waals surface area contributed by atoms with Crippen molar-refractivity contribution in [3.05, 3.63) is 166 Å². The number of unbranched alkanes of at least 4 members (excludes halogenated alkanes) is 2. The number of ether oxygens (including phenoxy) is 4. The number of nitrogens with zero attached hydrogens (tertiary/aromatic N) is 3. The number of hydrogen-bond acceptors (Lipinski definition) is 12. The quantitative estimate of drug-likeness (QED) is 0.0199. The highest BCUT2D eigenvalue weighted by Gasteiger charge is 2.65. The topological polar surface area (TPSA) is 162 Å². The third-order valence-corrected chi connectivity index (χ3v) is 14.6. The Labute approximate surface area is 414 Å². The van der Waals surface area contributed by atoms with E-state index < -0.39 is 28.8 Å². The lowest BCUT2D eigenvalue weighted by Gasteiger charge is -2.59. The number of aliphatic hydroxyl groups is 2. The summed E-state index contributed by atoms with van der Waals surface area (Å²) in [5, 5.41) is 38.5. The summed E-state index contributed by atoms with van der Waals surface area (Å²) >= 11 is 1.73. The summed E-state index contributed by atoms with van der Waals surface area (Å²) in [5.74, 6) is -0.237. The third-order valence-electron chi connectivity index (χ3n) is 13.7. The predicted molar refractivity (Wildman–Crippen MR) is 272 cm³/mol. The molecule has 0 bridgehead atoms. The molecule has 0 spiro atoms. The van der Waals surface area contributed by atoms with Crippen molar-refractivity contribution in [1.29, 1.82) is 0 Å². The van der Waals surface area contributed by atoms with Gasteiger partial charge in [-0.1, -0.05) is 90.8 Å². The van der Waals surface area contributed by atoms with Crippen LogP contribution in [0.4, 0.5) is 10.5 Å². The molecule has 1 fully saturated rings. The molecule has 1 heterocycles. The van der Waals surface area contributed by atoms with Gasteiger partial charge >= 0.3 is 6.09 Å². The number of allylic oxidation sites excluding steroid dienone is 1. The first-order chi connectivity index (χ1) is 34.3. The molecule has 14 heteroatoms. The van der Waals surface area contributed by atoms with Gasteiger partial charge in [-0.05, 0) is 114 Å². The van der Waals surface area contributed by atoms with Crippen LogP contribution in [0.25, 0.3) is 10.8 Å². The smallest absolute Gasteiger partial charge is 0.410 e. The lowest BCUT2D eigenvalue weighted by atomic mass is 9.55. The number of rotatable bonds is 24. The Hall–Kier alpha value is -6.19. The Morgan fingerprint density at radius 3 is 2.47 bits per heavy atom. The zero-order valence-electron chi connectivity index (χ0n) is 39.7. The first-order valence-corrected chi connectivity index (χ1v) is 25.4. The van der Waals surface area contributed by atoms with Crippen molar-refractivity contribution in [3.8, 4) is 11.5 Å². The number of hydrogen-bond donors (Lipinski definition) is 2. The van der Waals surface area contributed by atoms with Gasteiger partial charge in [0.05, 0.1) is 42.9 Å². The summed E-state index contributed by atoms with van der Waals surface area (Å²) in [6, 6.07) is 35.7. The molecule has 2 N–H and O–H groups in total.